The number of hydrogen-bond acceptors (Lipinski definition) is 1. The van der Waals surface area contributed by atoms with Crippen LogP contribution in [0.1, 0.15) is 191 Å². The molecule has 0 aliphatic carbocycles. The van der Waals surface area contributed by atoms with Gasteiger partial charge in [-0.3, -0.25) is 0 Å². The first-order valence-corrected chi connectivity index (χ1v) is 31.0. The molecule has 0 heterocycles. The van der Waals surface area contributed by atoms with Crippen molar-refractivity contribution in [1.82, 2.24) is 0 Å². The molecular formula is C81H81F5O. The molecule has 0 aromatic heterocycles. The van der Waals surface area contributed by atoms with Crippen LogP contribution in [0.3, 0.4) is 0 Å². The summed E-state index contributed by atoms with van der Waals surface area (Å²) in [4.78, 5) is 0. The Morgan fingerprint density at radius 1 is 0.253 bits per heavy atom. The summed E-state index contributed by atoms with van der Waals surface area (Å²) >= 11 is 0. The van der Waals surface area contributed by atoms with Crippen molar-refractivity contribution < 1.29 is 26.7 Å². The second-order valence-electron chi connectivity index (χ2n) is 22.3. The summed E-state index contributed by atoms with van der Waals surface area (Å²) in [5.41, 5.74) is 21.1. The van der Waals surface area contributed by atoms with E-state index >= 15 is 0 Å². The molecule has 0 saturated heterocycles. The molecule has 87 heavy (non-hydrogen) atoms. The molecule has 8 rings (SSSR count). The van der Waals surface area contributed by atoms with Crippen LogP contribution in [0.5, 0.6) is 5.75 Å². The number of rotatable bonds is 27. The maximum atomic E-state index is 14.6. The zero-order chi connectivity index (χ0) is 61.7. The van der Waals surface area contributed by atoms with Crippen LogP contribution >= 0.6 is 0 Å². The standard InChI is InChI=1S/C81H81F5O/c1-8-14-63-51-70(64(15-9-2)50-69(63)41-34-57-23-20-56(21-24-57)22-33-62-39-47-75(87-7)48-40-62)42-35-58-25-27-59(28-26-58)36-43-71-52-66(17-11-4)72(53-65(71)16-10-3)44-37-60-29-31-61(32-30-60)38-45-73-54-68(19-13-6)74(55-67(73)18-12-5)46-49-76-77(82)79(84)81(86)80(85)78(76)83/h20-55H,8-19H2,1-7H3/b33-22+,41-34+,42-35+,43-36+,44-37+,45-38+,49-46+. The van der Waals surface area contributed by atoms with Crippen molar-refractivity contribution in [2.24, 2.45) is 0 Å². The molecule has 0 atom stereocenters. The predicted octanol–water partition coefficient (Wildman–Crippen LogP) is 23.3. The number of hydrogen-bond donors (Lipinski definition) is 0. The van der Waals surface area contributed by atoms with E-state index in [2.05, 4.69) is 223 Å². The second kappa shape index (κ2) is 32.2. The number of ether oxygens (including phenoxy) is 1. The lowest BCUT2D eigenvalue weighted by Gasteiger charge is -2.13. The molecule has 0 bridgehead atoms. The molecular weight excluding hydrogens is 1080 g/mol. The zero-order valence-corrected chi connectivity index (χ0v) is 51.6. The Kier molecular flexibility index (Phi) is 23.8. The third-order valence-electron chi connectivity index (χ3n) is 15.7. The first-order chi connectivity index (χ1) is 42.3. The largest absolute Gasteiger partial charge is 0.497 e. The monoisotopic (exact) mass is 1160 g/mol. The molecule has 0 saturated carbocycles. The van der Waals surface area contributed by atoms with Gasteiger partial charge in [-0.25, -0.2) is 22.0 Å². The lowest BCUT2D eigenvalue weighted by molar-refractivity contribution is 0.377. The van der Waals surface area contributed by atoms with Crippen LogP contribution in [0.25, 0.3) is 85.1 Å². The molecule has 6 heteroatoms. The van der Waals surface area contributed by atoms with E-state index in [1.807, 2.05) is 25.1 Å². The molecule has 0 N–H and O–H groups in total. The summed E-state index contributed by atoms with van der Waals surface area (Å²) in [7, 11) is 1.68. The number of aryl methyl sites for hydroxylation is 6. The van der Waals surface area contributed by atoms with Gasteiger partial charge in [0.25, 0.3) is 0 Å². The van der Waals surface area contributed by atoms with Gasteiger partial charge >= 0.3 is 0 Å². The van der Waals surface area contributed by atoms with Crippen molar-refractivity contribution in [2.75, 3.05) is 7.11 Å². The normalized spacial score (nSPS) is 12.1. The highest BCUT2D eigenvalue weighted by Crippen LogP contribution is 2.31. The molecule has 0 spiro atoms. The van der Waals surface area contributed by atoms with Crippen molar-refractivity contribution in [3.8, 4) is 5.75 Å². The van der Waals surface area contributed by atoms with Crippen molar-refractivity contribution in [1.29, 1.82) is 0 Å². The highest BCUT2D eigenvalue weighted by atomic mass is 19.2. The van der Waals surface area contributed by atoms with Gasteiger partial charge in [-0.05, 0) is 162 Å². The van der Waals surface area contributed by atoms with Crippen LogP contribution in [0.15, 0.2) is 133 Å². The Morgan fingerprint density at radius 3 is 0.644 bits per heavy atom. The molecule has 8 aromatic carbocycles. The Hall–Kier alpha value is -8.61. The minimum absolute atomic E-state index is 0.667. The molecule has 8 aromatic rings. The van der Waals surface area contributed by atoms with Gasteiger partial charge in [0.05, 0.1) is 12.7 Å². The summed E-state index contributed by atoms with van der Waals surface area (Å²) in [5, 5.41) is 0. The van der Waals surface area contributed by atoms with Gasteiger partial charge in [0, 0.05) is 0 Å². The Labute approximate surface area is 514 Å². The van der Waals surface area contributed by atoms with Crippen molar-refractivity contribution in [3.63, 3.8) is 0 Å². The van der Waals surface area contributed by atoms with Crippen LogP contribution in [-0.2, 0) is 38.5 Å². The van der Waals surface area contributed by atoms with E-state index in [9.17, 15) is 22.0 Å². The highest BCUT2D eigenvalue weighted by Gasteiger charge is 2.24. The lowest BCUT2D eigenvalue weighted by Crippen LogP contribution is -2.04. The molecule has 1 nitrogen and oxygen atoms in total. The Balaban J connectivity index is 0.935. The van der Waals surface area contributed by atoms with Crippen LogP contribution in [-0.4, -0.2) is 7.11 Å². The number of halogens is 5. The van der Waals surface area contributed by atoms with E-state index in [4.69, 9.17) is 4.74 Å². The smallest absolute Gasteiger partial charge is 0.200 e. The first kappa shape index (κ1) is 64.4. The number of methoxy groups -OCH3 is 1. The molecule has 0 radical (unpaired) electrons. The van der Waals surface area contributed by atoms with E-state index in [1.165, 1.54) is 61.7 Å². The molecule has 0 unspecified atom stereocenters. The molecule has 0 aliphatic heterocycles. The highest BCUT2D eigenvalue weighted by molar-refractivity contribution is 5.81. The van der Waals surface area contributed by atoms with E-state index in [1.54, 1.807) is 7.11 Å². The van der Waals surface area contributed by atoms with E-state index in [-0.39, 0.29) is 0 Å². The quantitative estimate of drug-likeness (QED) is 0.0216. The van der Waals surface area contributed by atoms with Gasteiger partial charge in [0.2, 0.25) is 5.82 Å². The van der Waals surface area contributed by atoms with Crippen LogP contribution in [0, 0.1) is 29.1 Å². The van der Waals surface area contributed by atoms with Gasteiger partial charge in [-0.1, -0.05) is 280 Å². The fourth-order valence-electron chi connectivity index (χ4n) is 11.0. The minimum atomic E-state index is -2.17. The van der Waals surface area contributed by atoms with Crippen molar-refractivity contribution >= 4 is 85.1 Å². The average Bonchev–Trinajstić information content (AvgIpc) is 3.63. The third-order valence-corrected chi connectivity index (χ3v) is 15.7. The molecule has 446 valence electrons. The van der Waals surface area contributed by atoms with Gasteiger partial charge < -0.3 is 4.74 Å². The molecule has 0 fully saturated rings. The van der Waals surface area contributed by atoms with Gasteiger partial charge in [0.1, 0.15) is 5.75 Å². The summed E-state index contributed by atoms with van der Waals surface area (Å²) in [6.45, 7) is 13.1. The summed E-state index contributed by atoms with van der Waals surface area (Å²) in [5.74, 6) is -8.93. The van der Waals surface area contributed by atoms with Crippen molar-refractivity contribution in [3.05, 3.63) is 274 Å². The summed E-state index contributed by atoms with van der Waals surface area (Å²) in [6, 6.07) is 47.7. The van der Waals surface area contributed by atoms with E-state index in [0.29, 0.717) is 12.0 Å². The zero-order valence-electron chi connectivity index (χ0n) is 51.6. The van der Waals surface area contributed by atoms with Crippen LogP contribution in [0.4, 0.5) is 22.0 Å². The van der Waals surface area contributed by atoms with Gasteiger partial charge in [0.15, 0.2) is 23.3 Å². The van der Waals surface area contributed by atoms with Crippen molar-refractivity contribution in [2.45, 2.75) is 119 Å². The fourth-order valence-corrected chi connectivity index (χ4v) is 11.0. The SMILES string of the molecule is CCCc1cc(/C=C/c2ccc(/C=C/c3cc(CCC)c(/C=C/c4ccc(/C=C/c5cc(CCC)c(/C=C/c6c(F)c(F)c(F)c(F)c6F)cc5CCC)cc4)cc3CCC)cc2)c(CCC)cc1/C=C/c1ccc(/C=C/c2ccc(OC)cc2)cc1. The van der Waals surface area contributed by atoms with Gasteiger partial charge in [-0.15, -0.1) is 0 Å². The number of benzene rings is 8. The maximum Gasteiger partial charge on any atom is 0.200 e. The van der Waals surface area contributed by atoms with E-state index in [0.717, 1.165) is 127 Å². The third kappa shape index (κ3) is 17.5. The fraction of sp³-hybridized carbons (Fsp3) is 0.235. The summed E-state index contributed by atoms with van der Waals surface area (Å²) < 4.78 is 76.1. The molecule has 0 aliphatic rings. The Morgan fingerprint density at radius 2 is 0.437 bits per heavy atom. The second-order valence-corrected chi connectivity index (χ2v) is 22.3. The maximum absolute atomic E-state index is 14.6. The topological polar surface area (TPSA) is 9.23 Å². The summed E-state index contributed by atoms with van der Waals surface area (Å²) in [6.07, 6.45) is 40.1. The lowest BCUT2D eigenvalue weighted by atomic mass is 9.92. The van der Waals surface area contributed by atoms with Crippen LogP contribution in [0.2, 0.25) is 0 Å². The Bertz CT molecular complexity index is 3780. The average molecular weight is 1170 g/mol. The predicted molar refractivity (Wildman–Crippen MR) is 364 cm³/mol. The molecule has 0 amide bonds. The van der Waals surface area contributed by atoms with E-state index < -0.39 is 34.6 Å². The first-order valence-electron chi connectivity index (χ1n) is 31.0. The van der Waals surface area contributed by atoms with Crippen LogP contribution < -0.4 is 4.74 Å². The van der Waals surface area contributed by atoms with Gasteiger partial charge in [-0.2, -0.15) is 0 Å². The minimum Gasteiger partial charge on any atom is -0.497 e.